The van der Waals surface area contributed by atoms with Gasteiger partial charge >= 0.3 is 0 Å². The smallest absolute Gasteiger partial charge is 0.264 e. The Kier molecular flexibility index (Phi) is 13.4. The summed E-state index contributed by atoms with van der Waals surface area (Å²) in [5.74, 6) is 0.471. The molecule has 44 heavy (non-hydrogen) atoms. The predicted octanol–water partition coefficient (Wildman–Crippen LogP) is 5.73. The molecule has 3 aromatic rings. The highest BCUT2D eigenvalue weighted by Gasteiger charge is 2.33. The van der Waals surface area contributed by atoms with E-state index in [1.54, 1.807) is 67.8 Å². The average Bonchev–Trinajstić information content (AvgIpc) is 3.04. The van der Waals surface area contributed by atoms with Crippen molar-refractivity contribution in [3.63, 3.8) is 0 Å². The molecular formula is C33H43N3O6S2. The zero-order valence-electron chi connectivity index (χ0n) is 26.1. The Morgan fingerprint density at radius 1 is 0.909 bits per heavy atom. The molecule has 0 fully saturated rings. The molecule has 0 heterocycles. The molecule has 0 radical (unpaired) electrons. The highest BCUT2D eigenvalue weighted by atomic mass is 32.2. The molecule has 3 aromatic carbocycles. The molecule has 3 rings (SSSR count). The Morgan fingerprint density at radius 3 is 2.09 bits per heavy atom. The number of carbonyl (C=O) groups excluding carboxylic acids is 2. The van der Waals surface area contributed by atoms with Crippen LogP contribution < -0.4 is 19.1 Å². The van der Waals surface area contributed by atoms with Crippen LogP contribution in [0.15, 0.2) is 82.6 Å². The zero-order valence-corrected chi connectivity index (χ0v) is 27.7. The van der Waals surface area contributed by atoms with Crippen LogP contribution in [0.5, 0.6) is 11.5 Å². The van der Waals surface area contributed by atoms with Crippen LogP contribution in [-0.4, -0.2) is 64.2 Å². The Balaban J connectivity index is 2.04. The van der Waals surface area contributed by atoms with Crippen LogP contribution in [0.2, 0.25) is 0 Å². The number of thioether (sulfide) groups is 1. The Bertz CT molecular complexity index is 1450. The van der Waals surface area contributed by atoms with Gasteiger partial charge in [-0.15, -0.1) is 11.8 Å². The third kappa shape index (κ3) is 9.15. The van der Waals surface area contributed by atoms with Gasteiger partial charge in [-0.2, -0.15) is 0 Å². The lowest BCUT2D eigenvalue weighted by atomic mass is 10.1. The summed E-state index contributed by atoms with van der Waals surface area (Å²) in [7, 11) is -2.59. The zero-order chi connectivity index (χ0) is 32.1. The molecule has 0 aromatic heterocycles. The molecule has 0 saturated carbocycles. The maximum atomic E-state index is 14.2. The molecule has 1 unspecified atom stereocenters. The lowest BCUT2D eigenvalue weighted by molar-refractivity contribution is -0.140. The topological polar surface area (TPSA) is 105 Å². The van der Waals surface area contributed by atoms with Crippen molar-refractivity contribution < 1.29 is 27.5 Å². The van der Waals surface area contributed by atoms with Crippen molar-refractivity contribution >= 4 is 39.3 Å². The molecule has 0 bridgehead atoms. The number of methoxy groups -OCH3 is 1. The number of anilines is 1. The molecule has 1 atom stereocenters. The van der Waals surface area contributed by atoms with Gasteiger partial charge in [-0.3, -0.25) is 13.9 Å². The number of benzene rings is 3. The number of ether oxygens (including phenoxy) is 2. The molecular weight excluding hydrogens is 599 g/mol. The standard InChI is InChI=1S/C33H43N3O6S2/c1-6-9-22-34-33(38)31(7-2)35(23-25-10-14-27(41-4)15-11-25)32(37)24-36(26-12-16-28(17-13-26)42-8-3)44(39,40)30-20-18-29(43-5)19-21-30/h10-21,31H,6-9,22-24H2,1-5H3,(H,34,38). The van der Waals surface area contributed by atoms with E-state index in [1.807, 2.05) is 39.2 Å². The maximum Gasteiger partial charge on any atom is 0.264 e. The number of carbonyl (C=O) groups is 2. The largest absolute Gasteiger partial charge is 0.497 e. The first kappa shape index (κ1) is 34.8. The van der Waals surface area contributed by atoms with Crippen LogP contribution in [0.25, 0.3) is 0 Å². The van der Waals surface area contributed by atoms with Crippen molar-refractivity contribution in [1.82, 2.24) is 10.2 Å². The normalized spacial score (nSPS) is 11.8. The number of hydrogen-bond acceptors (Lipinski definition) is 7. The van der Waals surface area contributed by atoms with E-state index in [-0.39, 0.29) is 17.3 Å². The van der Waals surface area contributed by atoms with Crippen molar-refractivity contribution in [3.05, 3.63) is 78.4 Å². The van der Waals surface area contributed by atoms with E-state index in [2.05, 4.69) is 5.32 Å². The summed E-state index contributed by atoms with van der Waals surface area (Å²) >= 11 is 1.50. The second kappa shape index (κ2) is 17.0. The fraction of sp³-hybridized carbons (Fsp3) is 0.394. The summed E-state index contributed by atoms with van der Waals surface area (Å²) in [6, 6.07) is 19.6. The van der Waals surface area contributed by atoms with Gasteiger partial charge in [0, 0.05) is 18.0 Å². The van der Waals surface area contributed by atoms with E-state index in [4.69, 9.17) is 9.47 Å². The van der Waals surface area contributed by atoms with Gasteiger partial charge in [-0.1, -0.05) is 32.4 Å². The first-order valence-corrected chi connectivity index (χ1v) is 17.4. The van der Waals surface area contributed by atoms with Crippen LogP contribution in [0, 0.1) is 0 Å². The number of rotatable bonds is 17. The van der Waals surface area contributed by atoms with Crippen LogP contribution >= 0.6 is 11.8 Å². The maximum absolute atomic E-state index is 14.2. The van der Waals surface area contributed by atoms with Gasteiger partial charge in [0.1, 0.15) is 24.1 Å². The van der Waals surface area contributed by atoms with Crippen LogP contribution in [-0.2, 0) is 26.2 Å². The number of nitrogens with one attached hydrogen (secondary N) is 1. The predicted molar refractivity (Wildman–Crippen MR) is 176 cm³/mol. The number of amides is 2. The third-order valence-electron chi connectivity index (χ3n) is 7.09. The second-order valence-corrected chi connectivity index (χ2v) is 12.8. The van der Waals surface area contributed by atoms with Gasteiger partial charge < -0.3 is 19.7 Å². The van der Waals surface area contributed by atoms with E-state index < -0.39 is 28.5 Å². The molecule has 1 N–H and O–H groups in total. The molecule has 0 aliphatic carbocycles. The van der Waals surface area contributed by atoms with Crippen molar-refractivity contribution in [3.8, 4) is 11.5 Å². The molecule has 0 saturated heterocycles. The van der Waals surface area contributed by atoms with Gasteiger partial charge in [-0.25, -0.2) is 8.42 Å². The quantitative estimate of drug-likeness (QED) is 0.148. The Labute approximate surface area is 266 Å². The molecule has 9 nitrogen and oxygen atoms in total. The van der Waals surface area contributed by atoms with Crippen molar-refractivity contribution in [2.45, 2.75) is 62.4 Å². The highest BCUT2D eigenvalue weighted by molar-refractivity contribution is 7.98. The van der Waals surface area contributed by atoms with Gasteiger partial charge in [-0.05, 0) is 92.2 Å². The lowest BCUT2D eigenvalue weighted by Crippen LogP contribution is -2.52. The SMILES string of the molecule is CCCCNC(=O)C(CC)N(Cc1ccc(OC)cc1)C(=O)CN(c1ccc(OCC)cc1)S(=O)(=O)c1ccc(SC)cc1. The summed E-state index contributed by atoms with van der Waals surface area (Å²) in [5.41, 5.74) is 1.09. The molecule has 2 amide bonds. The van der Waals surface area contributed by atoms with Gasteiger partial charge in [0.2, 0.25) is 11.8 Å². The molecule has 0 spiro atoms. The highest BCUT2D eigenvalue weighted by Crippen LogP contribution is 2.28. The number of sulfonamides is 1. The molecule has 11 heteroatoms. The number of hydrogen-bond donors (Lipinski definition) is 1. The average molecular weight is 642 g/mol. The monoisotopic (exact) mass is 641 g/mol. The third-order valence-corrected chi connectivity index (χ3v) is 9.62. The Morgan fingerprint density at radius 2 is 1.55 bits per heavy atom. The van der Waals surface area contributed by atoms with Crippen LogP contribution in [0.3, 0.4) is 0 Å². The van der Waals surface area contributed by atoms with Crippen LogP contribution in [0.4, 0.5) is 5.69 Å². The van der Waals surface area contributed by atoms with Crippen molar-refractivity contribution in [2.24, 2.45) is 0 Å². The molecule has 0 aliphatic heterocycles. The van der Waals surface area contributed by atoms with Crippen molar-refractivity contribution in [2.75, 3.05) is 37.4 Å². The number of unbranched alkanes of at least 4 members (excludes halogenated alkanes) is 1. The van der Waals surface area contributed by atoms with Gasteiger partial charge in [0.25, 0.3) is 10.0 Å². The van der Waals surface area contributed by atoms with Gasteiger partial charge in [0.05, 0.1) is 24.3 Å². The molecule has 238 valence electrons. The van der Waals surface area contributed by atoms with E-state index in [0.717, 1.165) is 27.6 Å². The fourth-order valence-electron chi connectivity index (χ4n) is 4.63. The Hall–Kier alpha value is -3.70. The van der Waals surface area contributed by atoms with Gasteiger partial charge in [0.15, 0.2) is 0 Å². The van der Waals surface area contributed by atoms with Crippen LogP contribution in [0.1, 0.15) is 45.6 Å². The first-order valence-electron chi connectivity index (χ1n) is 14.8. The summed E-state index contributed by atoms with van der Waals surface area (Å²) in [5, 5.41) is 2.94. The van der Waals surface area contributed by atoms with E-state index in [0.29, 0.717) is 36.8 Å². The fourth-order valence-corrected chi connectivity index (χ4v) is 6.45. The second-order valence-electron chi connectivity index (χ2n) is 10.1. The lowest BCUT2D eigenvalue weighted by Gasteiger charge is -2.33. The minimum Gasteiger partial charge on any atom is -0.497 e. The minimum absolute atomic E-state index is 0.0584. The summed E-state index contributed by atoms with van der Waals surface area (Å²) in [6.07, 6.45) is 3.99. The summed E-state index contributed by atoms with van der Waals surface area (Å²) < 4.78 is 40.1. The molecule has 0 aliphatic rings. The van der Waals surface area contributed by atoms with Crippen molar-refractivity contribution in [1.29, 1.82) is 0 Å². The van der Waals surface area contributed by atoms with E-state index in [9.17, 15) is 18.0 Å². The summed E-state index contributed by atoms with van der Waals surface area (Å²) in [4.78, 5) is 30.0. The minimum atomic E-state index is -4.17. The summed E-state index contributed by atoms with van der Waals surface area (Å²) in [6.45, 7) is 6.30. The van der Waals surface area contributed by atoms with E-state index in [1.165, 1.54) is 16.7 Å². The first-order chi connectivity index (χ1) is 21.2. The number of nitrogens with zero attached hydrogens (tertiary/aromatic N) is 2. The van der Waals surface area contributed by atoms with E-state index >= 15 is 0 Å².